The van der Waals surface area contributed by atoms with E-state index < -0.39 is 0 Å². The summed E-state index contributed by atoms with van der Waals surface area (Å²) >= 11 is 0. The minimum atomic E-state index is 0.00315. The molecule has 0 bridgehead atoms. The average molecular weight is 283 g/mol. The molecule has 3 aromatic rings. The molecule has 0 saturated carbocycles. The summed E-state index contributed by atoms with van der Waals surface area (Å²) in [6, 6.07) is 12.5. The van der Waals surface area contributed by atoms with Gasteiger partial charge in [0.15, 0.2) is 0 Å². The number of nitrogens with zero attached hydrogens (tertiary/aromatic N) is 1. The van der Waals surface area contributed by atoms with Crippen LogP contribution in [0, 0.1) is 0 Å². The maximum Gasteiger partial charge on any atom is 0.119 e. The molecule has 0 aliphatic carbocycles. The molecule has 1 heterocycles. The Morgan fingerprint density at radius 1 is 0.762 bits per heavy atom. The summed E-state index contributed by atoms with van der Waals surface area (Å²) in [5.74, 6) is 1.75. The first kappa shape index (κ1) is 13.8. The van der Waals surface area contributed by atoms with Gasteiger partial charge in [0.25, 0.3) is 0 Å². The molecule has 110 valence electrons. The first-order valence-electron chi connectivity index (χ1n) is 7.12. The number of ether oxygens (including phenoxy) is 2. The Morgan fingerprint density at radius 2 is 1.19 bits per heavy atom. The summed E-state index contributed by atoms with van der Waals surface area (Å²) in [6.45, 7) is 6.67. The zero-order valence-corrected chi connectivity index (χ0v) is 13.2. The molecule has 0 saturated heterocycles. The summed E-state index contributed by atoms with van der Waals surface area (Å²) < 4.78 is 13.1. The Hall–Kier alpha value is -2.16. The molecule has 0 unspecified atom stereocenters. The number of hydrogen-bond donors (Lipinski definition) is 0. The highest BCUT2D eigenvalue weighted by Crippen LogP contribution is 2.37. The van der Waals surface area contributed by atoms with Crippen molar-refractivity contribution in [3.63, 3.8) is 0 Å². The number of hydrogen-bond acceptors (Lipinski definition) is 2. The van der Waals surface area contributed by atoms with Crippen LogP contribution in [0.4, 0.5) is 0 Å². The zero-order valence-electron chi connectivity index (χ0n) is 13.2. The molecule has 0 atom stereocenters. The number of methoxy groups -OCH3 is 2. The molecule has 0 radical (unpaired) electrons. The fourth-order valence-electron chi connectivity index (χ4n) is 2.96. The van der Waals surface area contributed by atoms with Gasteiger partial charge < -0.3 is 14.0 Å². The standard InChI is InChI=1S/C18H21NO2/c1-18(2,3)19-16-8-6-12(20-4)10-14(16)15-11-13(21-5)7-9-17(15)19/h6-11H,1-5H3. The third-order valence-electron chi connectivity index (χ3n) is 3.85. The second kappa shape index (κ2) is 4.69. The van der Waals surface area contributed by atoms with E-state index in [9.17, 15) is 0 Å². The number of aromatic nitrogens is 1. The Bertz CT molecular complexity index is 748. The molecule has 0 spiro atoms. The van der Waals surface area contributed by atoms with Gasteiger partial charge in [-0.3, -0.25) is 0 Å². The van der Waals surface area contributed by atoms with Gasteiger partial charge >= 0.3 is 0 Å². The van der Waals surface area contributed by atoms with Crippen LogP contribution in [-0.4, -0.2) is 18.8 Å². The molecule has 0 aliphatic heterocycles. The lowest BCUT2D eigenvalue weighted by molar-refractivity contribution is 0.413. The number of fused-ring (bicyclic) bond motifs is 3. The predicted octanol–water partition coefficient (Wildman–Crippen LogP) is 4.57. The Balaban J connectivity index is 2.48. The topological polar surface area (TPSA) is 23.4 Å². The largest absolute Gasteiger partial charge is 0.497 e. The second-order valence-electron chi connectivity index (χ2n) is 6.27. The molecule has 3 nitrogen and oxygen atoms in total. The first-order chi connectivity index (χ1) is 9.95. The van der Waals surface area contributed by atoms with Gasteiger partial charge in [-0.25, -0.2) is 0 Å². The van der Waals surface area contributed by atoms with Crippen LogP contribution in [0.3, 0.4) is 0 Å². The van der Waals surface area contributed by atoms with Gasteiger partial charge in [-0.2, -0.15) is 0 Å². The smallest absolute Gasteiger partial charge is 0.119 e. The Labute approximate surface area is 125 Å². The van der Waals surface area contributed by atoms with E-state index in [1.54, 1.807) is 14.2 Å². The SMILES string of the molecule is COc1ccc2c(c1)c1cc(OC)ccc1n2C(C)(C)C. The maximum atomic E-state index is 5.38. The Kier molecular flexibility index (Phi) is 3.08. The molecule has 0 aliphatic rings. The van der Waals surface area contributed by atoms with Crippen molar-refractivity contribution in [2.45, 2.75) is 26.3 Å². The van der Waals surface area contributed by atoms with Crippen LogP contribution < -0.4 is 9.47 Å². The Morgan fingerprint density at radius 3 is 1.52 bits per heavy atom. The molecular weight excluding hydrogens is 262 g/mol. The maximum absolute atomic E-state index is 5.38. The van der Waals surface area contributed by atoms with Gasteiger partial charge in [-0.1, -0.05) is 0 Å². The summed E-state index contributed by atoms with van der Waals surface area (Å²) in [7, 11) is 3.40. The van der Waals surface area contributed by atoms with E-state index in [0.29, 0.717) is 0 Å². The molecule has 3 heteroatoms. The van der Waals surface area contributed by atoms with Crippen molar-refractivity contribution in [2.75, 3.05) is 14.2 Å². The van der Waals surface area contributed by atoms with Crippen molar-refractivity contribution in [1.29, 1.82) is 0 Å². The molecule has 0 N–H and O–H groups in total. The van der Waals surface area contributed by atoms with Crippen LogP contribution in [0.15, 0.2) is 36.4 Å². The molecule has 2 aromatic carbocycles. The highest BCUT2D eigenvalue weighted by Gasteiger charge is 2.21. The highest BCUT2D eigenvalue weighted by molar-refractivity contribution is 6.09. The lowest BCUT2D eigenvalue weighted by Gasteiger charge is -2.24. The van der Waals surface area contributed by atoms with Crippen molar-refractivity contribution in [3.05, 3.63) is 36.4 Å². The molecule has 0 amide bonds. The van der Waals surface area contributed by atoms with Crippen molar-refractivity contribution >= 4 is 21.8 Å². The normalized spacial score (nSPS) is 12.0. The first-order valence-corrected chi connectivity index (χ1v) is 7.12. The van der Waals surface area contributed by atoms with E-state index in [4.69, 9.17) is 9.47 Å². The fourth-order valence-corrected chi connectivity index (χ4v) is 2.96. The van der Waals surface area contributed by atoms with Crippen molar-refractivity contribution < 1.29 is 9.47 Å². The summed E-state index contributed by atoms with van der Waals surface area (Å²) in [4.78, 5) is 0. The monoisotopic (exact) mass is 283 g/mol. The van der Waals surface area contributed by atoms with Gasteiger partial charge in [-0.05, 0) is 57.2 Å². The summed E-state index contributed by atoms with van der Waals surface area (Å²) in [6.07, 6.45) is 0. The van der Waals surface area contributed by atoms with Crippen LogP contribution in [-0.2, 0) is 5.54 Å². The van der Waals surface area contributed by atoms with Crippen molar-refractivity contribution in [3.8, 4) is 11.5 Å². The molecule has 0 fully saturated rings. The van der Waals surface area contributed by atoms with Crippen LogP contribution in [0.1, 0.15) is 20.8 Å². The van der Waals surface area contributed by atoms with Gasteiger partial charge in [0.1, 0.15) is 11.5 Å². The van der Waals surface area contributed by atoms with E-state index in [-0.39, 0.29) is 5.54 Å². The van der Waals surface area contributed by atoms with Gasteiger partial charge in [0, 0.05) is 27.3 Å². The van der Waals surface area contributed by atoms with E-state index in [1.165, 1.54) is 21.8 Å². The molecular formula is C18H21NO2. The van der Waals surface area contributed by atoms with Crippen LogP contribution in [0.2, 0.25) is 0 Å². The van der Waals surface area contributed by atoms with Gasteiger partial charge in [0.05, 0.1) is 14.2 Å². The quantitative estimate of drug-likeness (QED) is 0.688. The summed E-state index contributed by atoms with van der Waals surface area (Å²) in [5, 5.41) is 2.39. The third kappa shape index (κ3) is 2.13. The van der Waals surface area contributed by atoms with Crippen LogP contribution in [0.25, 0.3) is 21.8 Å². The highest BCUT2D eigenvalue weighted by atomic mass is 16.5. The molecule has 1 aromatic heterocycles. The minimum Gasteiger partial charge on any atom is -0.497 e. The van der Waals surface area contributed by atoms with Crippen LogP contribution >= 0.6 is 0 Å². The zero-order chi connectivity index (χ0) is 15.2. The molecule has 3 rings (SSSR count). The van der Waals surface area contributed by atoms with Crippen LogP contribution in [0.5, 0.6) is 11.5 Å². The van der Waals surface area contributed by atoms with Crippen molar-refractivity contribution in [2.24, 2.45) is 0 Å². The lowest BCUT2D eigenvalue weighted by Crippen LogP contribution is -2.21. The predicted molar refractivity (Wildman–Crippen MR) is 87.5 cm³/mol. The number of benzene rings is 2. The summed E-state index contributed by atoms with van der Waals surface area (Å²) in [5.41, 5.74) is 2.43. The van der Waals surface area contributed by atoms with E-state index in [2.05, 4.69) is 49.6 Å². The third-order valence-corrected chi connectivity index (χ3v) is 3.85. The lowest BCUT2D eigenvalue weighted by atomic mass is 10.1. The molecule has 21 heavy (non-hydrogen) atoms. The van der Waals surface area contributed by atoms with Gasteiger partial charge in [0.2, 0.25) is 0 Å². The van der Waals surface area contributed by atoms with Gasteiger partial charge in [-0.15, -0.1) is 0 Å². The second-order valence-corrected chi connectivity index (χ2v) is 6.27. The van der Waals surface area contributed by atoms with E-state index in [0.717, 1.165) is 11.5 Å². The number of rotatable bonds is 2. The van der Waals surface area contributed by atoms with E-state index in [1.807, 2.05) is 12.1 Å². The minimum absolute atomic E-state index is 0.00315. The van der Waals surface area contributed by atoms with Crippen molar-refractivity contribution in [1.82, 2.24) is 4.57 Å². The van der Waals surface area contributed by atoms with E-state index >= 15 is 0 Å². The fraction of sp³-hybridized carbons (Fsp3) is 0.333. The average Bonchev–Trinajstić information content (AvgIpc) is 2.79.